The van der Waals surface area contributed by atoms with Crippen molar-refractivity contribution >= 4 is 28.6 Å². The number of hydrogen-bond acceptors (Lipinski definition) is 4. The van der Waals surface area contributed by atoms with E-state index in [1.807, 2.05) is 0 Å². The molecule has 5 nitrogen and oxygen atoms in total. The van der Waals surface area contributed by atoms with E-state index < -0.39 is 5.97 Å². The number of carbonyl (C=O) groups is 1. The quantitative estimate of drug-likeness (QED) is 0.846. The minimum absolute atomic E-state index is 0.185. The lowest BCUT2D eigenvalue weighted by atomic mass is 10.2. The van der Waals surface area contributed by atoms with Gasteiger partial charge in [0.1, 0.15) is 11.8 Å². The number of carbonyl (C=O) groups excluding carboxylic acids is 1. The van der Waals surface area contributed by atoms with Crippen LogP contribution < -0.4 is 0 Å². The summed E-state index contributed by atoms with van der Waals surface area (Å²) >= 11 is 6.17. The number of aromatic nitrogens is 2. The van der Waals surface area contributed by atoms with Crippen molar-refractivity contribution in [3.8, 4) is 0 Å². The van der Waals surface area contributed by atoms with Crippen molar-refractivity contribution in [2.75, 3.05) is 13.2 Å². The lowest BCUT2D eigenvalue weighted by Crippen LogP contribution is -2.18. The summed E-state index contributed by atoms with van der Waals surface area (Å²) in [6.45, 7) is 1.07. The molecule has 18 heavy (non-hydrogen) atoms. The van der Waals surface area contributed by atoms with E-state index in [4.69, 9.17) is 21.1 Å². The molecule has 2 aromatic rings. The maximum atomic E-state index is 12.0. The SMILES string of the molecule is O=C(O[C@H]1CCOC1)c1cnc2[nH]ccc2c1Cl. The minimum Gasteiger partial charge on any atom is -0.456 e. The molecule has 94 valence electrons. The predicted octanol–water partition coefficient (Wildman–Crippen LogP) is 2.16. The van der Waals surface area contributed by atoms with Crippen LogP contribution >= 0.6 is 11.6 Å². The predicted molar refractivity (Wildman–Crippen MR) is 65.7 cm³/mol. The molecule has 0 aliphatic carbocycles. The van der Waals surface area contributed by atoms with Gasteiger partial charge in [-0.05, 0) is 6.07 Å². The van der Waals surface area contributed by atoms with Crippen molar-refractivity contribution < 1.29 is 14.3 Å². The number of esters is 1. The van der Waals surface area contributed by atoms with E-state index in [9.17, 15) is 4.79 Å². The fourth-order valence-corrected chi connectivity index (χ4v) is 2.22. The van der Waals surface area contributed by atoms with E-state index in [1.54, 1.807) is 12.3 Å². The number of hydrogen-bond donors (Lipinski definition) is 1. The molecule has 0 unspecified atom stereocenters. The fraction of sp³-hybridized carbons (Fsp3) is 0.333. The number of pyridine rings is 1. The zero-order chi connectivity index (χ0) is 12.5. The first-order valence-electron chi connectivity index (χ1n) is 5.66. The van der Waals surface area contributed by atoms with Gasteiger partial charge in [0.2, 0.25) is 0 Å². The molecule has 3 rings (SSSR count). The normalized spacial score (nSPS) is 19.3. The highest BCUT2D eigenvalue weighted by atomic mass is 35.5. The summed E-state index contributed by atoms with van der Waals surface area (Å²) < 4.78 is 10.5. The number of nitrogens with one attached hydrogen (secondary N) is 1. The molecule has 1 N–H and O–H groups in total. The number of aromatic amines is 1. The smallest absolute Gasteiger partial charge is 0.341 e. The van der Waals surface area contributed by atoms with Gasteiger partial charge in [0.15, 0.2) is 0 Å². The van der Waals surface area contributed by atoms with Crippen LogP contribution in [0.1, 0.15) is 16.8 Å². The van der Waals surface area contributed by atoms with Crippen LogP contribution in [0.25, 0.3) is 11.0 Å². The van der Waals surface area contributed by atoms with Gasteiger partial charge in [0, 0.05) is 24.2 Å². The van der Waals surface area contributed by atoms with Crippen LogP contribution in [0.4, 0.5) is 0 Å². The van der Waals surface area contributed by atoms with Gasteiger partial charge in [-0.25, -0.2) is 9.78 Å². The lowest BCUT2D eigenvalue weighted by molar-refractivity contribution is 0.0270. The maximum Gasteiger partial charge on any atom is 0.341 e. The molecule has 0 bridgehead atoms. The highest BCUT2D eigenvalue weighted by molar-refractivity contribution is 6.38. The first-order chi connectivity index (χ1) is 8.75. The summed E-state index contributed by atoms with van der Waals surface area (Å²) in [5.74, 6) is -0.453. The molecule has 0 amide bonds. The lowest BCUT2D eigenvalue weighted by Gasteiger charge is -2.10. The number of fused-ring (bicyclic) bond motifs is 1. The molecule has 1 aliphatic rings. The Bertz CT molecular complexity index is 590. The number of nitrogens with zero attached hydrogens (tertiary/aromatic N) is 1. The van der Waals surface area contributed by atoms with Gasteiger partial charge in [0.05, 0.1) is 23.8 Å². The molecule has 0 aromatic carbocycles. The molecule has 6 heteroatoms. The van der Waals surface area contributed by atoms with Crippen molar-refractivity contribution in [1.82, 2.24) is 9.97 Å². The number of H-pyrrole nitrogens is 1. The molecule has 0 saturated carbocycles. The van der Waals surface area contributed by atoms with Crippen molar-refractivity contribution in [3.05, 3.63) is 29.0 Å². The average Bonchev–Trinajstić information content (AvgIpc) is 2.99. The second-order valence-electron chi connectivity index (χ2n) is 4.12. The first kappa shape index (κ1) is 11.5. The van der Waals surface area contributed by atoms with E-state index >= 15 is 0 Å². The van der Waals surface area contributed by atoms with Gasteiger partial charge in [-0.15, -0.1) is 0 Å². The summed E-state index contributed by atoms with van der Waals surface area (Å²) in [5.41, 5.74) is 0.941. The Hall–Kier alpha value is -1.59. The Morgan fingerprint density at radius 2 is 2.50 bits per heavy atom. The molecule has 1 atom stereocenters. The zero-order valence-electron chi connectivity index (χ0n) is 9.48. The van der Waals surface area contributed by atoms with Crippen molar-refractivity contribution in [3.63, 3.8) is 0 Å². The summed E-state index contributed by atoms with van der Waals surface area (Å²) in [7, 11) is 0. The van der Waals surface area contributed by atoms with Crippen molar-refractivity contribution in [2.24, 2.45) is 0 Å². The van der Waals surface area contributed by atoms with Crippen LogP contribution in [0, 0.1) is 0 Å². The van der Waals surface area contributed by atoms with Crippen LogP contribution in [-0.2, 0) is 9.47 Å². The standard InChI is InChI=1S/C12H11ClN2O3/c13-10-8-1-3-14-11(8)15-5-9(10)12(16)18-7-2-4-17-6-7/h1,3,5,7H,2,4,6H2,(H,14,15)/t7-/m0/s1. The molecule has 0 spiro atoms. The third-order valence-corrected chi connectivity index (χ3v) is 3.31. The topological polar surface area (TPSA) is 64.2 Å². The highest BCUT2D eigenvalue weighted by Gasteiger charge is 2.23. The van der Waals surface area contributed by atoms with E-state index in [1.165, 1.54) is 6.20 Å². The fourth-order valence-electron chi connectivity index (χ4n) is 1.94. The second-order valence-corrected chi connectivity index (χ2v) is 4.49. The highest BCUT2D eigenvalue weighted by Crippen LogP contribution is 2.26. The van der Waals surface area contributed by atoms with Gasteiger partial charge in [-0.3, -0.25) is 0 Å². The van der Waals surface area contributed by atoms with E-state index in [0.717, 1.165) is 6.42 Å². The van der Waals surface area contributed by atoms with Gasteiger partial charge in [-0.1, -0.05) is 11.6 Å². The molecular formula is C12H11ClN2O3. The molecule has 3 heterocycles. The minimum atomic E-state index is -0.453. The third kappa shape index (κ3) is 1.95. The summed E-state index contributed by atoms with van der Waals surface area (Å²) in [6.07, 6.45) is 3.70. The maximum absolute atomic E-state index is 12.0. The van der Waals surface area contributed by atoms with E-state index in [2.05, 4.69) is 9.97 Å². The van der Waals surface area contributed by atoms with Crippen LogP contribution in [0.3, 0.4) is 0 Å². The summed E-state index contributed by atoms with van der Waals surface area (Å²) in [6, 6.07) is 1.78. The van der Waals surface area contributed by atoms with Gasteiger partial charge >= 0.3 is 5.97 Å². The van der Waals surface area contributed by atoms with Gasteiger partial charge < -0.3 is 14.5 Å². The molecular weight excluding hydrogens is 256 g/mol. The molecule has 1 fully saturated rings. The monoisotopic (exact) mass is 266 g/mol. The number of ether oxygens (including phenoxy) is 2. The Morgan fingerprint density at radius 1 is 1.61 bits per heavy atom. The Kier molecular flexibility index (Phi) is 2.93. The molecule has 2 aromatic heterocycles. The first-order valence-corrected chi connectivity index (χ1v) is 6.04. The molecule has 0 radical (unpaired) electrons. The zero-order valence-corrected chi connectivity index (χ0v) is 10.2. The van der Waals surface area contributed by atoms with Gasteiger partial charge in [-0.2, -0.15) is 0 Å². The van der Waals surface area contributed by atoms with Crippen molar-refractivity contribution in [1.29, 1.82) is 0 Å². The second kappa shape index (κ2) is 4.59. The summed E-state index contributed by atoms with van der Waals surface area (Å²) in [5, 5.41) is 1.08. The van der Waals surface area contributed by atoms with Crippen LogP contribution in [-0.4, -0.2) is 35.3 Å². The average molecular weight is 267 g/mol. The number of rotatable bonds is 2. The molecule has 1 aliphatic heterocycles. The Balaban J connectivity index is 1.88. The largest absolute Gasteiger partial charge is 0.456 e. The van der Waals surface area contributed by atoms with E-state index in [0.29, 0.717) is 29.3 Å². The summed E-state index contributed by atoms with van der Waals surface area (Å²) in [4.78, 5) is 19.0. The number of halogens is 1. The van der Waals surface area contributed by atoms with Crippen LogP contribution in [0.2, 0.25) is 5.02 Å². The Labute approximate surface area is 108 Å². The van der Waals surface area contributed by atoms with Gasteiger partial charge in [0.25, 0.3) is 0 Å². The van der Waals surface area contributed by atoms with Crippen LogP contribution in [0.5, 0.6) is 0 Å². The molecule has 1 saturated heterocycles. The third-order valence-electron chi connectivity index (χ3n) is 2.90. The van der Waals surface area contributed by atoms with E-state index in [-0.39, 0.29) is 11.7 Å². The van der Waals surface area contributed by atoms with Crippen molar-refractivity contribution in [2.45, 2.75) is 12.5 Å². The Morgan fingerprint density at radius 3 is 3.28 bits per heavy atom. The van der Waals surface area contributed by atoms with Crippen LogP contribution in [0.15, 0.2) is 18.5 Å².